The lowest BCUT2D eigenvalue weighted by Gasteiger charge is -2.13. The highest BCUT2D eigenvalue weighted by molar-refractivity contribution is 6.30. The Hall–Kier alpha value is -2.20. The predicted octanol–water partition coefficient (Wildman–Crippen LogP) is 3.56. The predicted molar refractivity (Wildman–Crippen MR) is 85.9 cm³/mol. The first kappa shape index (κ1) is 15.2. The van der Waals surface area contributed by atoms with Crippen LogP contribution in [0.2, 0.25) is 5.02 Å². The Morgan fingerprint density at radius 2 is 2.05 bits per heavy atom. The first-order valence-electron chi connectivity index (χ1n) is 6.51. The molecule has 0 heterocycles. The van der Waals surface area contributed by atoms with Gasteiger partial charge in [0, 0.05) is 22.0 Å². The second kappa shape index (κ2) is 6.50. The molecule has 5 heteroatoms. The van der Waals surface area contributed by atoms with Crippen LogP contribution in [-0.4, -0.2) is 12.5 Å². The molecule has 110 valence electrons. The molecule has 0 saturated heterocycles. The summed E-state index contributed by atoms with van der Waals surface area (Å²) < 4.78 is 5.59. The normalized spacial score (nSPS) is 10.2. The van der Waals surface area contributed by atoms with Crippen molar-refractivity contribution in [1.82, 2.24) is 0 Å². The van der Waals surface area contributed by atoms with Crippen molar-refractivity contribution < 1.29 is 9.53 Å². The Kier molecular flexibility index (Phi) is 4.70. The van der Waals surface area contributed by atoms with Crippen LogP contribution in [0.15, 0.2) is 36.4 Å². The Bertz CT molecular complexity index is 671. The summed E-state index contributed by atoms with van der Waals surface area (Å²) in [5.74, 6) is 0.398. The van der Waals surface area contributed by atoms with E-state index in [0.717, 1.165) is 11.1 Å². The van der Waals surface area contributed by atoms with Crippen molar-refractivity contribution in [1.29, 1.82) is 0 Å². The second-order valence-corrected chi connectivity index (χ2v) is 5.21. The number of nitrogen functional groups attached to an aromatic ring is 1. The van der Waals surface area contributed by atoms with Crippen LogP contribution in [0.5, 0.6) is 5.75 Å². The fraction of sp³-hybridized carbons (Fsp3) is 0.188. The maximum Gasteiger partial charge on any atom is 0.262 e. The molecular formula is C16H17ClN2O2. The van der Waals surface area contributed by atoms with Crippen molar-refractivity contribution >= 4 is 28.9 Å². The van der Waals surface area contributed by atoms with Gasteiger partial charge in [0.1, 0.15) is 5.75 Å². The zero-order valence-corrected chi connectivity index (χ0v) is 12.7. The number of hydrogen-bond acceptors (Lipinski definition) is 3. The van der Waals surface area contributed by atoms with Crippen LogP contribution in [0.25, 0.3) is 0 Å². The smallest absolute Gasteiger partial charge is 0.262 e. The summed E-state index contributed by atoms with van der Waals surface area (Å²) in [6, 6.07) is 10.6. The number of nitrogens with two attached hydrogens (primary N) is 1. The maximum absolute atomic E-state index is 11.9. The molecule has 3 N–H and O–H groups in total. The van der Waals surface area contributed by atoms with E-state index < -0.39 is 0 Å². The molecule has 2 aromatic rings. The fourth-order valence-corrected chi connectivity index (χ4v) is 2.16. The van der Waals surface area contributed by atoms with Crippen LogP contribution in [0.4, 0.5) is 11.4 Å². The highest BCUT2D eigenvalue weighted by atomic mass is 35.5. The maximum atomic E-state index is 11.9. The van der Waals surface area contributed by atoms with Crippen LogP contribution < -0.4 is 15.8 Å². The molecule has 4 nitrogen and oxygen atoms in total. The van der Waals surface area contributed by atoms with E-state index in [4.69, 9.17) is 22.1 Å². The number of rotatable bonds is 4. The van der Waals surface area contributed by atoms with Gasteiger partial charge in [0.15, 0.2) is 6.61 Å². The Morgan fingerprint density at radius 1 is 1.29 bits per heavy atom. The summed E-state index contributed by atoms with van der Waals surface area (Å²) >= 11 is 5.86. The SMILES string of the molecule is Cc1ccc(N)c(C)c1OCC(=O)Nc1cccc(Cl)c1. The minimum Gasteiger partial charge on any atom is -0.483 e. The van der Waals surface area contributed by atoms with Crippen molar-refractivity contribution in [2.75, 3.05) is 17.7 Å². The number of nitrogens with one attached hydrogen (secondary N) is 1. The molecule has 21 heavy (non-hydrogen) atoms. The van der Waals surface area contributed by atoms with Gasteiger partial charge in [0.05, 0.1) is 0 Å². The summed E-state index contributed by atoms with van der Waals surface area (Å²) in [5, 5.41) is 3.29. The third-order valence-corrected chi connectivity index (χ3v) is 3.34. The molecular weight excluding hydrogens is 288 g/mol. The van der Waals surface area contributed by atoms with Crippen molar-refractivity contribution in [3.8, 4) is 5.75 Å². The van der Waals surface area contributed by atoms with Crippen molar-refractivity contribution in [3.05, 3.63) is 52.5 Å². The number of hydrogen-bond donors (Lipinski definition) is 2. The van der Waals surface area contributed by atoms with Gasteiger partial charge in [-0.1, -0.05) is 23.7 Å². The van der Waals surface area contributed by atoms with Crippen LogP contribution in [0.3, 0.4) is 0 Å². The number of anilines is 2. The van der Waals surface area contributed by atoms with Crippen LogP contribution in [-0.2, 0) is 4.79 Å². The molecule has 2 aromatic carbocycles. The molecule has 0 bridgehead atoms. The van der Waals surface area contributed by atoms with Crippen LogP contribution in [0, 0.1) is 13.8 Å². The summed E-state index contributed by atoms with van der Waals surface area (Å²) in [7, 11) is 0. The van der Waals surface area contributed by atoms with Crippen LogP contribution in [0.1, 0.15) is 11.1 Å². The number of carbonyl (C=O) groups excluding carboxylic acids is 1. The first-order valence-corrected chi connectivity index (χ1v) is 6.89. The number of aryl methyl sites for hydroxylation is 1. The quantitative estimate of drug-likeness (QED) is 0.849. The van der Waals surface area contributed by atoms with E-state index in [-0.39, 0.29) is 12.5 Å². The first-order chi connectivity index (χ1) is 9.97. The topological polar surface area (TPSA) is 64.3 Å². The summed E-state index contributed by atoms with van der Waals surface area (Å²) in [6.07, 6.45) is 0. The molecule has 2 rings (SSSR count). The molecule has 0 aromatic heterocycles. The lowest BCUT2D eigenvalue weighted by molar-refractivity contribution is -0.118. The van der Waals surface area contributed by atoms with Crippen molar-refractivity contribution in [2.45, 2.75) is 13.8 Å². The summed E-state index contributed by atoms with van der Waals surface area (Å²) in [5.41, 5.74) is 8.90. The average Bonchev–Trinajstić information content (AvgIpc) is 2.43. The molecule has 0 fully saturated rings. The zero-order chi connectivity index (χ0) is 15.4. The van der Waals surface area contributed by atoms with Crippen LogP contribution >= 0.6 is 11.6 Å². The molecule has 0 aliphatic carbocycles. The van der Waals surface area contributed by atoms with E-state index in [1.54, 1.807) is 24.3 Å². The van der Waals surface area contributed by atoms with E-state index in [0.29, 0.717) is 22.1 Å². The third-order valence-electron chi connectivity index (χ3n) is 3.10. The molecule has 1 amide bonds. The molecule has 0 unspecified atom stereocenters. The van der Waals surface area contributed by atoms with Gasteiger partial charge < -0.3 is 15.8 Å². The number of halogens is 1. The number of benzene rings is 2. The van der Waals surface area contributed by atoms with Gasteiger partial charge in [-0.25, -0.2) is 0 Å². The van der Waals surface area contributed by atoms with E-state index in [9.17, 15) is 4.79 Å². The number of carbonyl (C=O) groups is 1. The second-order valence-electron chi connectivity index (χ2n) is 4.77. The number of ether oxygens (including phenoxy) is 1. The largest absolute Gasteiger partial charge is 0.483 e. The van der Waals surface area contributed by atoms with E-state index in [1.807, 2.05) is 26.0 Å². The van der Waals surface area contributed by atoms with Gasteiger partial charge in [-0.3, -0.25) is 4.79 Å². The Labute approximate surface area is 128 Å². The zero-order valence-electron chi connectivity index (χ0n) is 11.9. The minimum atomic E-state index is -0.251. The van der Waals surface area contributed by atoms with Gasteiger partial charge in [-0.15, -0.1) is 0 Å². The molecule has 0 saturated carbocycles. The van der Waals surface area contributed by atoms with Gasteiger partial charge in [-0.05, 0) is 43.7 Å². The molecule has 0 aliphatic heterocycles. The monoisotopic (exact) mass is 304 g/mol. The average molecular weight is 305 g/mol. The molecule has 0 aliphatic rings. The third kappa shape index (κ3) is 3.89. The summed E-state index contributed by atoms with van der Waals surface area (Å²) in [6.45, 7) is 3.70. The van der Waals surface area contributed by atoms with Gasteiger partial charge in [0.2, 0.25) is 0 Å². The van der Waals surface area contributed by atoms with E-state index >= 15 is 0 Å². The highest BCUT2D eigenvalue weighted by Crippen LogP contribution is 2.27. The standard InChI is InChI=1S/C16H17ClN2O2/c1-10-6-7-14(18)11(2)16(10)21-9-15(20)19-13-5-3-4-12(17)8-13/h3-8H,9,18H2,1-2H3,(H,19,20). The van der Waals surface area contributed by atoms with E-state index in [1.165, 1.54) is 0 Å². The molecule has 0 atom stereocenters. The van der Waals surface area contributed by atoms with Gasteiger partial charge >= 0.3 is 0 Å². The van der Waals surface area contributed by atoms with Crippen molar-refractivity contribution in [2.24, 2.45) is 0 Å². The molecule has 0 radical (unpaired) electrons. The lowest BCUT2D eigenvalue weighted by atomic mass is 10.1. The van der Waals surface area contributed by atoms with Gasteiger partial charge in [-0.2, -0.15) is 0 Å². The Morgan fingerprint density at radius 3 is 2.76 bits per heavy atom. The Balaban J connectivity index is 2.00. The minimum absolute atomic E-state index is 0.0857. The highest BCUT2D eigenvalue weighted by Gasteiger charge is 2.10. The fourth-order valence-electron chi connectivity index (χ4n) is 1.97. The number of amides is 1. The lowest BCUT2D eigenvalue weighted by Crippen LogP contribution is -2.20. The van der Waals surface area contributed by atoms with Crippen molar-refractivity contribution in [3.63, 3.8) is 0 Å². The molecule has 0 spiro atoms. The summed E-state index contributed by atoms with van der Waals surface area (Å²) in [4.78, 5) is 11.9. The van der Waals surface area contributed by atoms with E-state index in [2.05, 4.69) is 5.32 Å². The van der Waals surface area contributed by atoms with Gasteiger partial charge in [0.25, 0.3) is 5.91 Å².